The van der Waals surface area contributed by atoms with Crippen LogP contribution in [0.5, 0.6) is 0 Å². The van der Waals surface area contributed by atoms with E-state index in [1.807, 2.05) is 0 Å². The number of hydrogen-bond acceptors (Lipinski definition) is 1. The molecular formula is C5H7O. The Kier molecular flexibility index (Phi) is 0.396. The van der Waals surface area contributed by atoms with E-state index in [-0.39, 0.29) is 0 Å². The minimum atomic E-state index is 0.907. The molecule has 1 saturated heterocycles. The number of hydrogen-bond donors (Lipinski definition) is 0. The summed E-state index contributed by atoms with van der Waals surface area (Å²) in [5, 5.41) is 0. The second-order valence-electron chi connectivity index (χ2n) is 2.07. The average Bonchev–Trinajstić information content (AvgIpc) is 2.17. The van der Waals surface area contributed by atoms with Crippen LogP contribution < -0.4 is 0 Å². The van der Waals surface area contributed by atoms with Crippen molar-refractivity contribution in [3.05, 3.63) is 5.92 Å². The zero-order valence-electron chi connectivity index (χ0n) is 3.61. The van der Waals surface area contributed by atoms with Crippen molar-refractivity contribution in [3.8, 4) is 0 Å². The van der Waals surface area contributed by atoms with E-state index in [1.54, 1.807) is 5.92 Å². The van der Waals surface area contributed by atoms with Crippen LogP contribution in [0.2, 0.25) is 0 Å². The van der Waals surface area contributed by atoms with Crippen molar-refractivity contribution in [1.82, 2.24) is 0 Å². The lowest BCUT2D eigenvalue weighted by molar-refractivity contribution is 0.177. The van der Waals surface area contributed by atoms with Crippen LogP contribution in [0, 0.1) is 11.8 Å². The van der Waals surface area contributed by atoms with Gasteiger partial charge in [0.05, 0.1) is 13.2 Å². The SMILES string of the molecule is C1OC[C@H]2C[C]12. The molecular weight excluding hydrogens is 76.1 g/mol. The fraction of sp³-hybridized carbons (Fsp3) is 0.800. The molecule has 0 bridgehead atoms. The first-order chi connectivity index (χ1) is 2.97. The lowest BCUT2D eigenvalue weighted by Crippen LogP contribution is -1.85. The van der Waals surface area contributed by atoms with Crippen molar-refractivity contribution in [2.75, 3.05) is 13.2 Å². The summed E-state index contributed by atoms with van der Waals surface area (Å²) < 4.78 is 5.07. The van der Waals surface area contributed by atoms with Crippen LogP contribution in [-0.4, -0.2) is 13.2 Å². The summed E-state index contributed by atoms with van der Waals surface area (Å²) in [5.41, 5.74) is 0. The molecule has 1 heterocycles. The Hall–Kier alpha value is -0.0400. The normalized spacial score (nSPS) is 43.0. The van der Waals surface area contributed by atoms with E-state index in [0.717, 1.165) is 19.1 Å². The molecule has 0 aromatic heterocycles. The second kappa shape index (κ2) is 0.784. The van der Waals surface area contributed by atoms with Gasteiger partial charge in [-0.3, -0.25) is 0 Å². The standard InChI is InChI=1S/C5H7O/c1-4-2-6-3-5(1)4/h4H,1-3H2/t4-/m1/s1. The average molecular weight is 83.1 g/mol. The molecule has 1 aliphatic carbocycles. The first kappa shape index (κ1) is 3.03. The van der Waals surface area contributed by atoms with Gasteiger partial charge in [0.15, 0.2) is 0 Å². The van der Waals surface area contributed by atoms with Crippen LogP contribution in [0.1, 0.15) is 6.42 Å². The highest BCUT2D eigenvalue weighted by Crippen LogP contribution is 2.45. The highest BCUT2D eigenvalue weighted by molar-refractivity contribution is 5.17. The van der Waals surface area contributed by atoms with Crippen molar-refractivity contribution in [3.63, 3.8) is 0 Å². The van der Waals surface area contributed by atoms with Crippen LogP contribution >= 0.6 is 0 Å². The van der Waals surface area contributed by atoms with Gasteiger partial charge in [0.25, 0.3) is 0 Å². The summed E-state index contributed by atoms with van der Waals surface area (Å²) in [4.78, 5) is 0. The first-order valence-corrected chi connectivity index (χ1v) is 2.39. The fourth-order valence-corrected chi connectivity index (χ4v) is 0.943. The van der Waals surface area contributed by atoms with E-state index in [1.165, 1.54) is 6.42 Å². The van der Waals surface area contributed by atoms with Gasteiger partial charge < -0.3 is 4.74 Å². The van der Waals surface area contributed by atoms with Gasteiger partial charge in [0.1, 0.15) is 0 Å². The molecule has 0 spiro atoms. The minimum Gasteiger partial charge on any atom is -0.381 e. The lowest BCUT2D eigenvalue weighted by Gasteiger charge is -1.86. The third-order valence-electron chi connectivity index (χ3n) is 1.53. The van der Waals surface area contributed by atoms with Crippen LogP contribution in [0.4, 0.5) is 0 Å². The van der Waals surface area contributed by atoms with Gasteiger partial charge in [-0.1, -0.05) is 0 Å². The molecule has 1 saturated carbocycles. The monoisotopic (exact) mass is 83.0 g/mol. The number of ether oxygens (including phenoxy) is 1. The molecule has 1 atom stereocenters. The predicted octanol–water partition coefficient (Wildman–Crippen LogP) is 0.611. The van der Waals surface area contributed by atoms with E-state index in [4.69, 9.17) is 4.74 Å². The molecule has 2 aliphatic rings. The lowest BCUT2D eigenvalue weighted by atomic mass is 10.4. The van der Waals surface area contributed by atoms with Crippen molar-refractivity contribution < 1.29 is 4.74 Å². The van der Waals surface area contributed by atoms with Gasteiger partial charge >= 0.3 is 0 Å². The summed E-state index contributed by atoms with van der Waals surface area (Å²) in [6.45, 7) is 2.00. The van der Waals surface area contributed by atoms with Crippen LogP contribution in [0.25, 0.3) is 0 Å². The Bertz CT molecular complexity index is 62.3. The molecule has 33 valence electrons. The molecule has 1 nitrogen and oxygen atoms in total. The Morgan fingerprint density at radius 1 is 1.67 bits per heavy atom. The van der Waals surface area contributed by atoms with Crippen molar-refractivity contribution in [2.24, 2.45) is 5.92 Å². The Morgan fingerprint density at radius 3 is 2.83 bits per heavy atom. The van der Waals surface area contributed by atoms with Crippen molar-refractivity contribution in [2.45, 2.75) is 6.42 Å². The highest BCUT2D eigenvalue weighted by Gasteiger charge is 2.42. The predicted molar refractivity (Wildman–Crippen MR) is 22.2 cm³/mol. The summed E-state index contributed by atoms with van der Waals surface area (Å²) in [5.74, 6) is 2.56. The molecule has 6 heavy (non-hydrogen) atoms. The smallest absolute Gasteiger partial charge is 0.0532 e. The third-order valence-corrected chi connectivity index (χ3v) is 1.53. The van der Waals surface area contributed by atoms with Gasteiger partial charge in [-0.15, -0.1) is 0 Å². The molecule has 0 N–H and O–H groups in total. The summed E-state index contributed by atoms with van der Waals surface area (Å²) in [6.07, 6.45) is 1.38. The largest absolute Gasteiger partial charge is 0.381 e. The topological polar surface area (TPSA) is 9.23 Å². The fourth-order valence-electron chi connectivity index (χ4n) is 0.943. The van der Waals surface area contributed by atoms with Crippen molar-refractivity contribution >= 4 is 0 Å². The Morgan fingerprint density at radius 2 is 2.67 bits per heavy atom. The van der Waals surface area contributed by atoms with E-state index >= 15 is 0 Å². The molecule has 1 aliphatic heterocycles. The van der Waals surface area contributed by atoms with Gasteiger partial charge in [0.2, 0.25) is 0 Å². The molecule has 2 fully saturated rings. The highest BCUT2D eigenvalue weighted by atomic mass is 16.5. The maximum absolute atomic E-state index is 5.07. The maximum atomic E-state index is 5.07. The summed E-state index contributed by atoms with van der Waals surface area (Å²) >= 11 is 0. The summed E-state index contributed by atoms with van der Waals surface area (Å²) in [6, 6.07) is 0. The van der Waals surface area contributed by atoms with Crippen LogP contribution in [0.15, 0.2) is 0 Å². The van der Waals surface area contributed by atoms with Gasteiger partial charge in [0, 0.05) is 5.92 Å². The van der Waals surface area contributed by atoms with E-state index in [9.17, 15) is 0 Å². The van der Waals surface area contributed by atoms with Gasteiger partial charge in [-0.2, -0.15) is 0 Å². The zero-order valence-corrected chi connectivity index (χ0v) is 3.61. The minimum absolute atomic E-state index is 0.907. The third kappa shape index (κ3) is 0.243. The molecule has 0 aromatic rings. The van der Waals surface area contributed by atoms with Crippen LogP contribution in [-0.2, 0) is 4.74 Å². The number of fused-ring (bicyclic) bond motifs is 1. The number of rotatable bonds is 0. The first-order valence-electron chi connectivity index (χ1n) is 2.39. The van der Waals surface area contributed by atoms with E-state index < -0.39 is 0 Å². The quantitative estimate of drug-likeness (QED) is 0.417. The zero-order chi connectivity index (χ0) is 3.98. The van der Waals surface area contributed by atoms with Crippen LogP contribution in [0.3, 0.4) is 0 Å². The molecule has 0 amide bonds. The Balaban J connectivity index is 2.09. The molecule has 0 unspecified atom stereocenters. The van der Waals surface area contributed by atoms with Crippen molar-refractivity contribution in [1.29, 1.82) is 0 Å². The van der Waals surface area contributed by atoms with E-state index in [0.29, 0.717) is 0 Å². The molecule has 2 rings (SSSR count). The van der Waals surface area contributed by atoms with Gasteiger partial charge in [-0.25, -0.2) is 0 Å². The maximum Gasteiger partial charge on any atom is 0.0532 e. The Labute approximate surface area is 37.3 Å². The second-order valence-corrected chi connectivity index (χ2v) is 2.07. The molecule has 1 radical (unpaired) electrons. The van der Waals surface area contributed by atoms with E-state index in [2.05, 4.69) is 0 Å². The molecule has 1 heteroatoms. The van der Waals surface area contributed by atoms with Gasteiger partial charge in [-0.05, 0) is 12.3 Å². The summed E-state index contributed by atoms with van der Waals surface area (Å²) in [7, 11) is 0. The molecule has 0 aromatic carbocycles.